The van der Waals surface area contributed by atoms with E-state index in [4.69, 9.17) is 0 Å². The molecule has 0 saturated heterocycles. The Morgan fingerprint density at radius 2 is 1.86 bits per heavy atom. The molecule has 0 N–H and O–H groups in total. The number of carbonyl (C=O) groups excluding carboxylic acids is 1. The van der Waals surface area contributed by atoms with Gasteiger partial charge in [0.2, 0.25) is 0 Å². The Labute approximate surface area is 131 Å². The van der Waals surface area contributed by atoms with Crippen molar-refractivity contribution in [3.63, 3.8) is 0 Å². The van der Waals surface area contributed by atoms with E-state index in [0.717, 1.165) is 16.8 Å². The van der Waals surface area contributed by atoms with Gasteiger partial charge in [-0.25, -0.2) is 0 Å². The van der Waals surface area contributed by atoms with Crippen LogP contribution in [0.4, 0.5) is 5.69 Å². The Morgan fingerprint density at radius 1 is 1.14 bits per heavy atom. The number of rotatable bonds is 4. The summed E-state index contributed by atoms with van der Waals surface area (Å²) in [7, 11) is 0. The van der Waals surface area contributed by atoms with Gasteiger partial charge < -0.3 is 4.57 Å². The van der Waals surface area contributed by atoms with Crippen molar-refractivity contribution in [3.8, 4) is 0 Å². The topological polar surface area (TPSA) is 34.4 Å². The summed E-state index contributed by atoms with van der Waals surface area (Å²) in [6, 6.07) is 10.2. The number of aliphatic imine (C=N–C) groups is 1. The van der Waals surface area contributed by atoms with Crippen LogP contribution in [0, 0.1) is 0 Å². The molecule has 0 atom stereocenters. The first kappa shape index (κ1) is 14.8. The van der Waals surface area contributed by atoms with Crippen molar-refractivity contribution >= 4 is 17.7 Å². The van der Waals surface area contributed by atoms with Gasteiger partial charge in [0.25, 0.3) is 0 Å². The highest BCUT2D eigenvalue weighted by Gasteiger charge is 2.14. The largest absolute Gasteiger partial charge is 0.351 e. The van der Waals surface area contributed by atoms with Gasteiger partial charge in [0.15, 0.2) is 5.78 Å². The minimum atomic E-state index is 0.0834. The highest BCUT2D eigenvalue weighted by atomic mass is 16.1. The summed E-state index contributed by atoms with van der Waals surface area (Å²) >= 11 is 0. The van der Waals surface area contributed by atoms with E-state index < -0.39 is 0 Å². The molecule has 0 spiro atoms. The van der Waals surface area contributed by atoms with Crippen LogP contribution >= 0.6 is 0 Å². The molecule has 1 aromatic heterocycles. The molecule has 0 unspecified atom stereocenters. The zero-order valence-corrected chi connectivity index (χ0v) is 13.0. The predicted molar refractivity (Wildman–Crippen MR) is 90.3 cm³/mol. The number of hydrogen-bond acceptors (Lipinski definition) is 2. The molecule has 2 aromatic rings. The Kier molecular flexibility index (Phi) is 4.52. The van der Waals surface area contributed by atoms with Crippen LogP contribution in [-0.2, 0) is 0 Å². The first-order valence-corrected chi connectivity index (χ1v) is 8.05. The maximum absolute atomic E-state index is 11.2. The van der Waals surface area contributed by atoms with E-state index in [2.05, 4.69) is 28.0 Å². The van der Waals surface area contributed by atoms with E-state index in [1.54, 1.807) is 6.92 Å². The highest BCUT2D eigenvalue weighted by Crippen LogP contribution is 2.28. The zero-order valence-electron chi connectivity index (χ0n) is 13.0. The number of hydrogen-bond donors (Lipinski definition) is 0. The van der Waals surface area contributed by atoms with Crippen molar-refractivity contribution in [1.29, 1.82) is 0 Å². The summed E-state index contributed by atoms with van der Waals surface area (Å²) in [6.07, 6.45) is 12.9. The number of nitrogens with zero attached hydrogens (tertiary/aromatic N) is 2. The Bertz CT molecular complexity index is 661. The van der Waals surface area contributed by atoms with Gasteiger partial charge >= 0.3 is 0 Å². The third-order valence-corrected chi connectivity index (χ3v) is 4.37. The first-order valence-electron chi connectivity index (χ1n) is 8.05. The van der Waals surface area contributed by atoms with Gasteiger partial charge in [-0.1, -0.05) is 19.3 Å². The Hall–Kier alpha value is -2.16. The second kappa shape index (κ2) is 6.73. The molecule has 3 heteroatoms. The Morgan fingerprint density at radius 3 is 2.55 bits per heavy atom. The average Bonchev–Trinajstić information content (AvgIpc) is 3.03. The second-order valence-corrected chi connectivity index (χ2v) is 6.05. The zero-order chi connectivity index (χ0) is 15.4. The molecule has 3 rings (SSSR count). The molecule has 0 amide bonds. The van der Waals surface area contributed by atoms with Crippen molar-refractivity contribution in [2.24, 2.45) is 4.99 Å². The predicted octanol–water partition coefficient (Wildman–Crippen LogP) is 4.95. The maximum atomic E-state index is 11.2. The number of benzene rings is 1. The van der Waals surface area contributed by atoms with E-state index in [0.29, 0.717) is 6.04 Å². The number of carbonyl (C=O) groups is 1. The fourth-order valence-corrected chi connectivity index (χ4v) is 3.04. The summed E-state index contributed by atoms with van der Waals surface area (Å²) in [5, 5.41) is 0. The minimum absolute atomic E-state index is 0.0834. The van der Waals surface area contributed by atoms with Gasteiger partial charge in [-0.05, 0) is 50.1 Å². The van der Waals surface area contributed by atoms with Gasteiger partial charge in [-0.15, -0.1) is 0 Å². The van der Waals surface area contributed by atoms with Crippen LogP contribution in [0.25, 0.3) is 0 Å². The van der Waals surface area contributed by atoms with Crippen LogP contribution in [0.1, 0.15) is 61.0 Å². The summed E-state index contributed by atoms with van der Waals surface area (Å²) < 4.78 is 2.33. The number of Topliss-reactive ketones (excluding diaryl/α,β-unsaturated/α-hetero) is 1. The van der Waals surface area contributed by atoms with Gasteiger partial charge in [0, 0.05) is 35.8 Å². The summed E-state index contributed by atoms with van der Waals surface area (Å²) in [4.78, 5) is 15.7. The lowest BCUT2D eigenvalue weighted by Crippen LogP contribution is -2.10. The van der Waals surface area contributed by atoms with Gasteiger partial charge in [0.1, 0.15) is 0 Å². The van der Waals surface area contributed by atoms with Crippen LogP contribution in [-0.4, -0.2) is 16.6 Å². The van der Waals surface area contributed by atoms with E-state index in [9.17, 15) is 4.79 Å². The molecule has 0 radical (unpaired) electrons. The van der Waals surface area contributed by atoms with Gasteiger partial charge in [-0.3, -0.25) is 9.79 Å². The van der Waals surface area contributed by atoms with Gasteiger partial charge in [-0.2, -0.15) is 0 Å². The van der Waals surface area contributed by atoms with Crippen LogP contribution in [0.5, 0.6) is 0 Å². The molecule has 1 aliphatic carbocycles. The fraction of sp³-hybridized carbons (Fsp3) is 0.368. The van der Waals surface area contributed by atoms with Crippen molar-refractivity contribution in [3.05, 3.63) is 53.9 Å². The highest BCUT2D eigenvalue weighted by molar-refractivity contribution is 5.94. The lowest BCUT2D eigenvalue weighted by Gasteiger charge is -2.23. The molecule has 3 nitrogen and oxygen atoms in total. The molecular weight excluding hydrogens is 272 g/mol. The van der Waals surface area contributed by atoms with Crippen LogP contribution in [0.15, 0.2) is 47.7 Å². The SMILES string of the molecule is CC(=O)c1ccc(N=Cc2ccn(C3CCCCC3)c2)cc1. The maximum Gasteiger partial charge on any atom is 0.159 e. The van der Waals surface area contributed by atoms with Crippen molar-refractivity contribution in [2.75, 3.05) is 0 Å². The monoisotopic (exact) mass is 294 g/mol. The molecule has 1 saturated carbocycles. The summed E-state index contributed by atoms with van der Waals surface area (Å²) in [5.41, 5.74) is 2.72. The van der Waals surface area contributed by atoms with Crippen molar-refractivity contribution in [2.45, 2.75) is 45.1 Å². The lowest BCUT2D eigenvalue weighted by molar-refractivity contribution is 0.101. The standard InChI is InChI=1S/C19H22N2O/c1-15(22)17-7-9-18(10-8-17)20-13-16-11-12-21(14-16)19-5-3-2-4-6-19/h7-14,19H,2-6H2,1H3. The summed E-state index contributed by atoms with van der Waals surface area (Å²) in [5.74, 6) is 0.0834. The average molecular weight is 294 g/mol. The van der Waals surface area contributed by atoms with E-state index >= 15 is 0 Å². The third-order valence-electron chi connectivity index (χ3n) is 4.37. The molecule has 114 valence electrons. The van der Waals surface area contributed by atoms with Gasteiger partial charge in [0.05, 0.1) is 5.69 Å². The molecule has 22 heavy (non-hydrogen) atoms. The van der Waals surface area contributed by atoms with E-state index in [1.807, 2.05) is 30.5 Å². The molecule has 1 aromatic carbocycles. The first-order chi connectivity index (χ1) is 10.7. The second-order valence-electron chi connectivity index (χ2n) is 6.05. The smallest absolute Gasteiger partial charge is 0.159 e. The quantitative estimate of drug-likeness (QED) is 0.580. The Balaban J connectivity index is 1.67. The minimum Gasteiger partial charge on any atom is -0.351 e. The summed E-state index contributed by atoms with van der Waals surface area (Å²) in [6.45, 7) is 1.58. The lowest BCUT2D eigenvalue weighted by atomic mass is 9.95. The number of ketones is 1. The number of aromatic nitrogens is 1. The normalized spacial score (nSPS) is 16.2. The van der Waals surface area contributed by atoms with Crippen LogP contribution < -0.4 is 0 Å². The van der Waals surface area contributed by atoms with E-state index in [-0.39, 0.29) is 5.78 Å². The molecule has 0 bridgehead atoms. The fourth-order valence-electron chi connectivity index (χ4n) is 3.04. The molecule has 1 aliphatic rings. The van der Waals surface area contributed by atoms with E-state index in [1.165, 1.54) is 32.1 Å². The molecular formula is C19H22N2O. The van der Waals surface area contributed by atoms with Crippen molar-refractivity contribution in [1.82, 2.24) is 4.57 Å². The van der Waals surface area contributed by atoms with Crippen LogP contribution in [0.2, 0.25) is 0 Å². The molecule has 1 fully saturated rings. The third kappa shape index (κ3) is 3.53. The van der Waals surface area contributed by atoms with Crippen molar-refractivity contribution < 1.29 is 4.79 Å². The molecule has 0 aliphatic heterocycles. The van der Waals surface area contributed by atoms with Crippen LogP contribution in [0.3, 0.4) is 0 Å². The molecule has 1 heterocycles.